The number of carbonyl (C=O) groups is 1. The molecule has 0 radical (unpaired) electrons. The highest BCUT2D eigenvalue weighted by Gasteiger charge is 2.26. The van der Waals surface area contributed by atoms with Crippen LogP contribution in [0.1, 0.15) is 42.1 Å². The first-order valence-electron chi connectivity index (χ1n) is 7.39. The zero-order chi connectivity index (χ0) is 15.4. The van der Waals surface area contributed by atoms with Crippen molar-refractivity contribution in [3.8, 4) is 0 Å². The lowest BCUT2D eigenvalue weighted by molar-refractivity contribution is 0.0600. The van der Waals surface area contributed by atoms with Crippen LogP contribution in [0, 0.1) is 0 Å². The molecular formula is C16H24Cl2N2O2. The van der Waals surface area contributed by atoms with Gasteiger partial charge in [0, 0.05) is 23.7 Å². The Kier molecular flexibility index (Phi) is 7.63. The van der Waals surface area contributed by atoms with Gasteiger partial charge < -0.3 is 10.5 Å². The van der Waals surface area contributed by atoms with Gasteiger partial charge in [-0.1, -0.05) is 18.0 Å². The minimum Gasteiger partial charge on any atom is -0.465 e. The van der Waals surface area contributed by atoms with Gasteiger partial charge >= 0.3 is 5.97 Å². The van der Waals surface area contributed by atoms with Crippen LogP contribution in [0.2, 0.25) is 5.02 Å². The molecule has 0 aromatic heterocycles. The van der Waals surface area contributed by atoms with Crippen LogP contribution < -0.4 is 5.73 Å². The van der Waals surface area contributed by atoms with E-state index < -0.39 is 0 Å². The lowest BCUT2D eigenvalue weighted by Crippen LogP contribution is -2.48. The summed E-state index contributed by atoms with van der Waals surface area (Å²) in [6.07, 6.45) is 3.52. The number of nitrogens with zero attached hydrogens (tertiary/aromatic N) is 1. The number of rotatable bonds is 4. The second-order valence-electron chi connectivity index (χ2n) is 5.69. The summed E-state index contributed by atoms with van der Waals surface area (Å²) < 4.78 is 4.76. The Morgan fingerprint density at radius 1 is 1.50 bits per heavy atom. The summed E-state index contributed by atoms with van der Waals surface area (Å²) in [5.74, 6) is -0.338. The molecule has 1 aliphatic heterocycles. The second kappa shape index (κ2) is 8.73. The molecule has 2 unspecified atom stereocenters. The van der Waals surface area contributed by atoms with E-state index in [1.165, 1.54) is 20.0 Å². The molecule has 2 rings (SSSR count). The maximum Gasteiger partial charge on any atom is 0.337 e. The minimum absolute atomic E-state index is 0. The van der Waals surface area contributed by atoms with Crippen molar-refractivity contribution >= 4 is 30.0 Å². The summed E-state index contributed by atoms with van der Waals surface area (Å²) in [7, 11) is 1.38. The Morgan fingerprint density at radius 3 is 2.86 bits per heavy atom. The summed E-state index contributed by atoms with van der Waals surface area (Å²) in [6, 6.07) is 5.77. The number of carbonyl (C=O) groups excluding carboxylic acids is 1. The predicted molar refractivity (Wildman–Crippen MR) is 91.7 cm³/mol. The van der Waals surface area contributed by atoms with Gasteiger partial charge in [-0.2, -0.15) is 0 Å². The quantitative estimate of drug-likeness (QED) is 0.850. The first-order valence-corrected chi connectivity index (χ1v) is 7.77. The van der Waals surface area contributed by atoms with Crippen LogP contribution in [0.5, 0.6) is 0 Å². The molecule has 0 aliphatic carbocycles. The Morgan fingerprint density at radius 2 is 2.23 bits per heavy atom. The fourth-order valence-electron chi connectivity index (χ4n) is 2.97. The van der Waals surface area contributed by atoms with Crippen molar-refractivity contribution in [2.45, 2.75) is 44.8 Å². The zero-order valence-electron chi connectivity index (χ0n) is 13.0. The first-order chi connectivity index (χ1) is 10.0. The number of benzene rings is 1. The molecule has 0 spiro atoms. The Bertz CT molecular complexity index is 509. The Labute approximate surface area is 143 Å². The number of piperidine rings is 1. The number of ether oxygens (including phenoxy) is 1. The molecule has 1 aliphatic rings. The summed E-state index contributed by atoms with van der Waals surface area (Å²) in [5.41, 5.74) is 7.58. The van der Waals surface area contributed by atoms with Crippen molar-refractivity contribution in [1.82, 2.24) is 4.90 Å². The third kappa shape index (κ3) is 4.59. The summed E-state index contributed by atoms with van der Waals surface area (Å²) in [6.45, 7) is 3.79. The largest absolute Gasteiger partial charge is 0.465 e. The molecule has 1 fully saturated rings. The lowest BCUT2D eigenvalue weighted by atomic mass is 9.96. The molecule has 0 amide bonds. The van der Waals surface area contributed by atoms with E-state index in [0.717, 1.165) is 25.1 Å². The van der Waals surface area contributed by atoms with Gasteiger partial charge in [0.15, 0.2) is 0 Å². The van der Waals surface area contributed by atoms with Crippen molar-refractivity contribution in [1.29, 1.82) is 0 Å². The summed E-state index contributed by atoms with van der Waals surface area (Å²) >= 11 is 6.28. The molecule has 4 nitrogen and oxygen atoms in total. The molecule has 0 bridgehead atoms. The predicted octanol–water partition coefficient (Wildman–Crippen LogP) is 3.25. The zero-order valence-corrected chi connectivity index (χ0v) is 14.6. The minimum atomic E-state index is -0.338. The van der Waals surface area contributed by atoms with Gasteiger partial charge in [-0.3, -0.25) is 4.90 Å². The van der Waals surface area contributed by atoms with E-state index in [2.05, 4.69) is 11.8 Å². The molecule has 6 heteroatoms. The highest BCUT2D eigenvalue weighted by Crippen LogP contribution is 2.25. The van der Waals surface area contributed by atoms with Gasteiger partial charge in [0.1, 0.15) is 0 Å². The van der Waals surface area contributed by atoms with Crippen LogP contribution in [0.15, 0.2) is 18.2 Å². The maximum atomic E-state index is 11.6. The third-order valence-corrected chi connectivity index (χ3v) is 4.48. The Balaban J connectivity index is 0.00000242. The van der Waals surface area contributed by atoms with Crippen LogP contribution in [-0.2, 0) is 11.3 Å². The summed E-state index contributed by atoms with van der Waals surface area (Å²) in [5, 5.41) is 0.677. The van der Waals surface area contributed by atoms with Gasteiger partial charge in [-0.15, -0.1) is 12.4 Å². The third-order valence-electron chi connectivity index (χ3n) is 4.11. The van der Waals surface area contributed by atoms with Crippen molar-refractivity contribution in [2.24, 2.45) is 5.73 Å². The highest BCUT2D eigenvalue weighted by atomic mass is 35.5. The van der Waals surface area contributed by atoms with E-state index in [1.807, 2.05) is 6.07 Å². The fraction of sp³-hybridized carbons (Fsp3) is 0.562. The SMILES string of the molecule is COC(=O)c1ccc(Cl)c(CN2CCCCC2C(C)N)c1.Cl. The molecule has 2 N–H and O–H groups in total. The molecule has 1 aromatic rings. The van der Waals surface area contributed by atoms with E-state index in [1.54, 1.807) is 12.1 Å². The van der Waals surface area contributed by atoms with E-state index in [0.29, 0.717) is 16.6 Å². The van der Waals surface area contributed by atoms with Crippen LogP contribution in [0.25, 0.3) is 0 Å². The molecule has 2 atom stereocenters. The van der Waals surface area contributed by atoms with Crippen LogP contribution in [0.3, 0.4) is 0 Å². The van der Waals surface area contributed by atoms with Gasteiger partial charge in [0.2, 0.25) is 0 Å². The van der Waals surface area contributed by atoms with Crippen LogP contribution in [-0.4, -0.2) is 36.6 Å². The number of methoxy groups -OCH3 is 1. The summed E-state index contributed by atoms with van der Waals surface area (Å²) in [4.78, 5) is 14.0. The molecule has 22 heavy (non-hydrogen) atoms. The average Bonchev–Trinajstić information content (AvgIpc) is 2.49. The number of likely N-dealkylation sites (tertiary alicyclic amines) is 1. The maximum absolute atomic E-state index is 11.6. The van der Waals surface area contributed by atoms with Crippen molar-refractivity contribution < 1.29 is 9.53 Å². The number of halogens is 2. The molecule has 124 valence electrons. The van der Waals surface area contributed by atoms with Crippen LogP contribution in [0.4, 0.5) is 0 Å². The fourth-order valence-corrected chi connectivity index (χ4v) is 3.15. The molecular weight excluding hydrogens is 323 g/mol. The molecule has 1 saturated heterocycles. The highest BCUT2D eigenvalue weighted by molar-refractivity contribution is 6.31. The van der Waals surface area contributed by atoms with Crippen molar-refractivity contribution in [2.75, 3.05) is 13.7 Å². The standard InChI is InChI=1S/C16H23ClN2O2.ClH/c1-11(18)15-5-3-4-8-19(15)10-13-9-12(16(20)21-2)6-7-14(13)17;/h6-7,9,11,15H,3-5,8,10,18H2,1-2H3;1H. The Hall–Kier alpha value is -0.810. The van der Waals surface area contributed by atoms with Crippen molar-refractivity contribution in [3.05, 3.63) is 34.3 Å². The topological polar surface area (TPSA) is 55.6 Å². The van der Waals surface area contributed by atoms with E-state index in [4.69, 9.17) is 22.1 Å². The molecule has 0 saturated carbocycles. The molecule has 1 heterocycles. The number of nitrogens with two attached hydrogens (primary N) is 1. The van der Waals surface area contributed by atoms with E-state index in [-0.39, 0.29) is 24.4 Å². The van der Waals surface area contributed by atoms with Crippen LogP contribution >= 0.6 is 24.0 Å². The van der Waals surface area contributed by atoms with Crippen molar-refractivity contribution in [3.63, 3.8) is 0 Å². The monoisotopic (exact) mass is 346 g/mol. The molecule has 1 aromatic carbocycles. The number of esters is 1. The van der Waals surface area contributed by atoms with E-state index >= 15 is 0 Å². The smallest absolute Gasteiger partial charge is 0.337 e. The second-order valence-corrected chi connectivity index (χ2v) is 6.10. The van der Waals surface area contributed by atoms with Gasteiger partial charge in [-0.05, 0) is 50.1 Å². The number of hydrogen-bond acceptors (Lipinski definition) is 4. The average molecular weight is 347 g/mol. The number of hydrogen-bond donors (Lipinski definition) is 1. The van der Waals surface area contributed by atoms with Gasteiger partial charge in [-0.25, -0.2) is 4.79 Å². The first kappa shape index (κ1) is 19.2. The van der Waals surface area contributed by atoms with Gasteiger partial charge in [0.05, 0.1) is 12.7 Å². The van der Waals surface area contributed by atoms with Gasteiger partial charge in [0.25, 0.3) is 0 Å². The van der Waals surface area contributed by atoms with E-state index in [9.17, 15) is 4.79 Å². The lowest BCUT2D eigenvalue weighted by Gasteiger charge is -2.38. The normalized spacial score (nSPS) is 20.1.